The standard InChI is InChI=1S/C12H24N2O2/c1-8(2)9(3)14-12(15)7-16-11-6-4-5-10(11)13/h8-11H,4-7,13H2,1-3H3,(H,14,15). The van der Waals surface area contributed by atoms with Crippen LogP contribution in [-0.4, -0.2) is 30.7 Å². The van der Waals surface area contributed by atoms with Crippen LogP contribution in [0.3, 0.4) is 0 Å². The maximum atomic E-state index is 11.5. The predicted molar refractivity (Wildman–Crippen MR) is 64.0 cm³/mol. The van der Waals surface area contributed by atoms with Crippen molar-refractivity contribution in [2.45, 2.75) is 58.2 Å². The van der Waals surface area contributed by atoms with Crippen molar-refractivity contribution in [3.63, 3.8) is 0 Å². The molecular weight excluding hydrogens is 204 g/mol. The lowest BCUT2D eigenvalue weighted by atomic mass is 10.1. The minimum atomic E-state index is -0.0414. The average Bonchev–Trinajstić information content (AvgIpc) is 2.61. The van der Waals surface area contributed by atoms with Gasteiger partial charge in [0.05, 0.1) is 6.10 Å². The van der Waals surface area contributed by atoms with Gasteiger partial charge in [0.1, 0.15) is 6.61 Å². The summed E-state index contributed by atoms with van der Waals surface area (Å²) in [6.45, 7) is 6.30. The Hall–Kier alpha value is -0.610. The summed E-state index contributed by atoms with van der Waals surface area (Å²) in [6.07, 6.45) is 3.17. The van der Waals surface area contributed by atoms with Crippen LogP contribution in [0.1, 0.15) is 40.0 Å². The van der Waals surface area contributed by atoms with Crippen molar-refractivity contribution in [2.75, 3.05) is 6.61 Å². The molecular formula is C12H24N2O2. The third-order valence-corrected chi connectivity index (χ3v) is 3.32. The summed E-state index contributed by atoms with van der Waals surface area (Å²) < 4.78 is 5.52. The number of hydrogen-bond acceptors (Lipinski definition) is 3. The van der Waals surface area contributed by atoms with Crippen molar-refractivity contribution in [1.29, 1.82) is 0 Å². The van der Waals surface area contributed by atoms with Gasteiger partial charge in [0.2, 0.25) is 5.91 Å². The van der Waals surface area contributed by atoms with Gasteiger partial charge in [0.15, 0.2) is 0 Å². The van der Waals surface area contributed by atoms with Crippen LogP contribution in [-0.2, 0) is 9.53 Å². The molecule has 1 rings (SSSR count). The maximum absolute atomic E-state index is 11.5. The molecule has 3 unspecified atom stereocenters. The van der Waals surface area contributed by atoms with Crippen LogP contribution in [0.15, 0.2) is 0 Å². The van der Waals surface area contributed by atoms with E-state index in [1.807, 2.05) is 6.92 Å². The van der Waals surface area contributed by atoms with E-state index in [1.54, 1.807) is 0 Å². The van der Waals surface area contributed by atoms with Gasteiger partial charge >= 0.3 is 0 Å². The fourth-order valence-electron chi connectivity index (χ4n) is 1.81. The first-order valence-electron chi connectivity index (χ1n) is 6.17. The summed E-state index contributed by atoms with van der Waals surface area (Å²) in [5.74, 6) is 0.401. The minimum absolute atomic E-state index is 0.0414. The number of carbonyl (C=O) groups excluding carboxylic acids is 1. The highest BCUT2D eigenvalue weighted by atomic mass is 16.5. The number of nitrogens with one attached hydrogen (secondary N) is 1. The molecule has 0 aromatic heterocycles. The van der Waals surface area contributed by atoms with E-state index in [2.05, 4.69) is 19.2 Å². The van der Waals surface area contributed by atoms with Gasteiger partial charge in [-0.2, -0.15) is 0 Å². The van der Waals surface area contributed by atoms with E-state index in [0.29, 0.717) is 5.92 Å². The van der Waals surface area contributed by atoms with Crippen LogP contribution in [0.2, 0.25) is 0 Å². The van der Waals surface area contributed by atoms with Crippen LogP contribution in [0.4, 0.5) is 0 Å². The molecule has 4 heteroatoms. The van der Waals surface area contributed by atoms with E-state index < -0.39 is 0 Å². The number of nitrogens with two attached hydrogens (primary N) is 1. The normalized spacial score (nSPS) is 27.1. The third-order valence-electron chi connectivity index (χ3n) is 3.32. The Balaban J connectivity index is 2.19. The third kappa shape index (κ3) is 4.10. The molecule has 1 fully saturated rings. The number of ether oxygens (including phenoxy) is 1. The summed E-state index contributed by atoms with van der Waals surface area (Å²) in [6, 6.07) is 0.295. The molecule has 16 heavy (non-hydrogen) atoms. The SMILES string of the molecule is CC(C)C(C)NC(=O)COC1CCCC1N. The van der Waals surface area contributed by atoms with Crippen molar-refractivity contribution in [1.82, 2.24) is 5.32 Å². The molecule has 94 valence electrons. The largest absolute Gasteiger partial charge is 0.367 e. The second kappa shape index (κ2) is 6.21. The van der Waals surface area contributed by atoms with Crippen LogP contribution < -0.4 is 11.1 Å². The second-order valence-electron chi connectivity index (χ2n) is 5.04. The summed E-state index contributed by atoms with van der Waals surface area (Å²) in [5.41, 5.74) is 5.86. The smallest absolute Gasteiger partial charge is 0.246 e. The zero-order valence-electron chi connectivity index (χ0n) is 10.5. The lowest BCUT2D eigenvalue weighted by Gasteiger charge is -2.19. The predicted octanol–water partition coefficient (Wildman–Crippen LogP) is 1.04. The Kier molecular flexibility index (Phi) is 5.22. The Morgan fingerprint density at radius 1 is 1.44 bits per heavy atom. The summed E-state index contributed by atoms with van der Waals surface area (Å²) in [5, 5.41) is 2.91. The molecule has 0 heterocycles. The van der Waals surface area contributed by atoms with E-state index in [9.17, 15) is 4.79 Å². The van der Waals surface area contributed by atoms with Gasteiger partial charge in [0.25, 0.3) is 0 Å². The molecule has 0 saturated heterocycles. The van der Waals surface area contributed by atoms with Crippen molar-refractivity contribution in [3.8, 4) is 0 Å². The number of hydrogen-bond donors (Lipinski definition) is 2. The molecule has 3 N–H and O–H groups in total. The molecule has 0 radical (unpaired) electrons. The lowest BCUT2D eigenvalue weighted by molar-refractivity contribution is -0.128. The number of amides is 1. The lowest BCUT2D eigenvalue weighted by Crippen LogP contribution is -2.40. The molecule has 0 bridgehead atoms. The van der Waals surface area contributed by atoms with E-state index in [4.69, 9.17) is 10.5 Å². The summed E-state index contributed by atoms with van der Waals surface area (Å²) in [4.78, 5) is 11.5. The second-order valence-corrected chi connectivity index (χ2v) is 5.04. The first kappa shape index (κ1) is 13.5. The molecule has 3 atom stereocenters. The average molecular weight is 228 g/mol. The molecule has 1 saturated carbocycles. The van der Waals surface area contributed by atoms with E-state index >= 15 is 0 Å². The maximum Gasteiger partial charge on any atom is 0.246 e. The van der Waals surface area contributed by atoms with Crippen molar-refractivity contribution in [3.05, 3.63) is 0 Å². The molecule has 4 nitrogen and oxygen atoms in total. The highest BCUT2D eigenvalue weighted by Gasteiger charge is 2.25. The molecule has 0 aliphatic heterocycles. The Morgan fingerprint density at radius 2 is 2.12 bits per heavy atom. The van der Waals surface area contributed by atoms with Gasteiger partial charge in [-0.05, 0) is 32.1 Å². The van der Waals surface area contributed by atoms with E-state index in [-0.39, 0.29) is 30.7 Å². The van der Waals surface area contributed by atoms with E-state index in [1.165, 1.54) is 0 Å². The van der Waals surface area contributed by atoms with Crippen LogP contribution >= 0.6 is 0 Å². The van der Waals surface area contributed by atoms with Crippen molar-refractivity contribution < 1.29 is 9.53 Å². The van der Waals surface area contributed by atoms with Gasteiger partial charge < -0.3 is 15.8 Å². The fraction of sp³-hybridized carbons (Fsp3) is 0.917. The van der Waals surface area contributed by atoms with Gasteiger partial charge in [-0.25, -0.2) is 0 Å². The first-order valence-corrected chi connectivity index (χ1v) is 6.17. The number of rotatable bonds is 5. The Morgan fingerprint density at radius 3 is 2.62 bits per heavy atom. The highest BCUT2D eigenvalue weighted by Crippen LogP contribution is 2.19. The zero-order chi connectivity index (χ0) is 12.1. The minimum Gasteiger partial charge on any atom is -0.367 e. The quantitative estimate of drug-likeness (QED) is 0.739. The van der Waals surface area contributed by atoms with E-state index in [0.717, 1.165) is 19.3 Å². The Bertz CT molecular complexity index is 231. The molecule has 1 amide bonds. The highest BCUT2D eigenvalue weighted by molar-refractivity contribution is 5.77. The summed E-state index contributed by atoms with van der Waals surface area (Å²) in [7, 11) is 0. The van der Waals surface area contributed by atoms with Crippen molar-refractivity contribution >= 4 is 5.91 Å². The van der Waals surface area contributed by atoms with Crippen LogP contribution in [0, 0.1) is 5.92 Å². The zero-order valence-corrected chi connectivity index (χ0v) is 10.5. The van der Waals surface area contributed by atoms with Crippen molar-refractivity contribution in [2.24, 2.45) is 11.7 Å². The number of carbonyl (C=O) groups is 1. The molecule has 1 aliphatic carbocycles. The molecule has 1 aliphatic rings. The summed E-state index contributed by atoms with van der Waals surface area (Å²) >= 11 is 0. The molecule has 0 spiro atoms. The molecule has 0 aromatic carbocycles. The van der Waals surface area contributed by atoms with Gasteiger partial charge in [-0.3, -0.25) is 4.79 Å². The van der Waals surface area contributed by atoms with Gasteiger partial charge in [-0.15, -0.1) is 0 Å². The van der Waals surface area contributed by atoms with Crippen LogP contribution in [0.25, 0.3) is 0 Å². The fourth-order valence-corrected chi connectivity index (χ4v) is 1.81. The Labute approximate surface area is 97.9 Å². The topological polar surface area (TPSA) is 64.3 Å². The van der Waals surface area contributed by atoms with Gasteiger partial charge in [-0.1, -0.05) is 13.8 Å². The van der Waals surface area contributed by atoms with Crippen LogP contribution in [0.5, 0.6) is 0 Å². The molecule has 0 aromatic rings. The monoisotopic (exact) mass is 228 g/mol. The van der Waals surface area contributed by atoms with Gasteiger partial charge in [0, 0.05) is 12.1 Å². The first-order chi connectivity index (χ1) is 7.50.